The van der Waals surface area contributed by atoms with E-state index in [1.807, 2.05) is 4.91 Å². The van der Waals surface area contributed by atoms with E-state index in [9.17, 15) is 22.4 Å². The minimum Gasteiger partial charge on any atom is -0.367 e. The van der Waals surface area contributed by atoms with Crippen LogP contribution in [0.3, 0.4) is 0 Å². The molecule has 0 aromatic heterocycles. The maximum Gasteiger partial charge on any atom is 0.363 e. The van der Waals surface area contributed by atoms with E-state index in [1.54, 1.807) is 19.0 Å². The summed E-state index contributed by atoms with van der Waals surface area (Å²) < 4.78 is 54.2. The van der Waals surface area contributed by atoms with Gasteiger partial charge in [-0.2, -0.15) is 5.48 Å². The third kappa shape index (κ3) is 3.85. The van der Waals surface area contributed by atoms with E-state index in [1.165, 1.54) is 0 Å². The third-order valence-corrected chi connectivity index (χ3v) is 2.41. The Morgan fingerprint density at radius 1 is 1.23 bits per heavy atom. The first-order chi connectivity index (χ1) is 10.3. The molecule has 0 aliphatic carbocycles. The molecule has 11 heteroatoms. The number of carbonyl (C=O) groups is 1. The van der Waals surface area contributed by atoms with Crippen molar-refractivity contribution in [3.05, 3.63) is 39.3 Å². The van der Waals surface area contributed by atoms with Crippen molar-refractivity contribution in [1.82, 2.24) is 10.4 Å². The van der Waals surface area contributed by atoms with E-state index >= 15 is 0 Å². The number of azide groups is 1. The zero-order valence-corrected chi connectivity index (χ0v) is 11.5. The lowest BCUT2D eigenvalue weighted by Crippen LogP contribution is -2.29. The second-order valence-corrected chi connectivity index (χ2v) is 4.26. The molecule has 1 rings (SSSR count). The van der Waals surface area contributed by atoms with Crippen LogP contribution in [-0.4, -0.2) is 38.1 Å². The van der Waals surface area contributed by atoms with Crippen molar-refractivity contribution < 1.29 is 27.2 Å². The molecular weight excluding hydrogens is 310 g/mol. The lowest BCUT2D eigenvalue weighted by molar-refractivity contribution is 0.0230. The number of likely N-dealkylation sites (N-methyl/N-ethyl adjacent to an activating group) is 1. The predicted molar refractivity (Wildman–Crippen MR) is 67.1 cm³/mol. The Bertz CT molecular complexity index is 602. The molecule has 0 atom stereocenters. The van der Waals surface area contributed by atoms with Crippen molar-refractivity contribution in [3.63, 3.8) is 0 Å². The lowest BCUT2D eigenvalue weighted by Gasteiger charge is -2.11. The van der Waals surface area contributed by atoms with E-state index in [0.717, 1.165) is 0 Å². The number of nitrogens with one attached hydrogen (secondary N) is 1. The van der Waals surface area contributed by atoms with Crippen LogP contribution in [0.15, 0.2) is 5.11 Å². The van der Waals surface area contributed by atoms with Crippen LogP contribution in [0.25, 0.3) is 10.4 Å². The lowest BCUT2D eigenvalue weighted by atomic mass is 10.1. The summed E-state index contributed by atoms with van der Waals surface area (Å²) in [7, 11) is 3.45. The minimum absolute atomic E-state index is 0.115. The average molecular weight is 321 g/mol. The first-order valence-electron chi connectivity index (χ1n) is 5.81. The highest BCUT2D eigenvalue weighted by molar-refractivity contribution is 5.90. The Morgan fingerprint density at radius 2 is 1.77 bits per heavy atom. The molecule has 0 saturated heterocycles. The van der Waals surface area contributed by atoms with Gasteiger partial charge in [0.05, 0.1) is 0 Å². The summed E-state index contributed by atoms with van der Waals surface area (Å²) in [5, 5.41) is 2.50. The highest BCUT2D eigenvalue weighted by Gasteiger charge is 2.30. The zero-order valence-electron chi connectivity index (χ0n) is 11.5. The molecular formula is C11H11F4N5O2. The van der Waals surface area contributed by atoms with Crippen LogP contribution in [-0.2, 0) is 4.84 Å². The Hall–Kier alpha value is -2.36. The summed E-state index contributed by atoms with van der Waals surface area (Å²) >= 11 is 0. The molecule has 120 valence electrons. The van der Waals surface area contributed by atoms with Crippen LogP contribution in [0.1, 0.15) is 10.4 Å². The second kappa shape index (κ2) is 7.59. The maximum absolute atomic E-state index is 13.6. The van der Waals surface area contributed by atoms with Crippen molar-refractivity contribution >= 4 is 11.7 Å². The Balaban J connectivity index is 3.05. The van der Waals surface area contributed by atoms with E-state index in [-0.39, 0.29) is 6.54 Å². The van der Waals surface area contributed by atoms with Crippen molar-refractivity contribution in [3.8, 4) is 0 Å². The fraction of sp³-hybridized carbons (Fsp3) is 0.364. The van der Waals surface area contributed by atoms with Gasteiger partial charge in [-0.15, -0.1) is 0 Å². The number of rotatable bonds is 6. The van der Waals surface area contributed by atoms with E-state index in [0.29, 0.717) is 6.54 Å². The molecule has 0 fully saturated rings. The van der Waals surface area contributed by atoms with Gasteiger partial charge < -0.3 is 9.74 Å². The number of benzene rings is 1. The monoisotopic (exact) mass is 321 g/mol. The molecule has 0 heterocycles. The smallest absolute Gasteiger partial charge is 0.363 e. The van der Waals surface area contributed by atoms with Gasteiger partial charge in [0.25, 0.3) is 0 Å². The quantitative estimate of drug-likeness (QED) is 0.166. The fourth-order valence-electron chi connectivity index (χ4n) is 1.37. The largest absolute Gasteiger partial charge is 0.367 e. The van der Waals surface area contributed by atoms with E-state index in [4.69, 9.17) is 5.53 Å². The molecule has 22 heavy (non-hydrogen) atoms. The molecule has 1 aromatic carbocycles. The molecule has 1 N–H and O–H groups in total. The van der Waals surface area contributed by atoms with Crippen molar-refractivity contribution in [1.29, 1.82) is 0 Å². The highest BCUT2D eigenvalue weighted by Crippen LogP contribution is 2.30. The molecule has 0 aliphatic rings. The Morgan fingerprint density at radius 3 is 2.23 bits per heavy atom. The molecule has 0 saturated carbocycles. The number of hydrogen-bond acceptors (Lipinski definition) is 5. The van der Waals surface area contributed by atoms with Gasteiger partial charge in [-0.05, 0) is 19.6 Å². The van der Waals surface area contributed by atoms with Crippen LogP contribution in [0.4, 0.5) is 23.2 Å². The zero-order chi connectivity index (χ0) is 16.9. The van der Waals surface area contributed by atoms with Crippen molar-refractivity contribution in [2.24, 2.45) is 5.11 Å². The molecule has 0 spiro atoms. The van der Waals surface area contributed by atoms with E-state index < -0.39 is 40.5 Å². The number of nitrogens with zero attached hydrogens (tertiary/aromatic N) is 4. The highest BCUT2D eigenvalue weighted by atomic mass is 19.2. The molecule has 0 bridgehead atoms. The SMILES string of the molecule is CN(C)CCNOC(=O)c1c(F)c(F)c(N=[N+]=[N-])c(F)c1F. The van der Waals surface area contributed by atoms with Crippen LogP contribution < -0.4 is 5.48 Å². The molecule has 0 aliphatic heterocycles. The first kappa shape index (κ1) is 17.7. The first-order valence-corrected chi connectivity index (χ1v) is 5.81. The predicted octanol–water partition coefficient (Wildman–Crippen LogP) is 2.41. The summed E-state index contributed by atoms with van der Waals surface area (Å²) in [4.78, 5) is 19.6. The Labute approximate surface area is 122 Å². The summed E-state index contributed by atoms with van der Waals surface area (Å²) in [6.45, 7) is 0.542. The molecule has 0 radical (unpaired) electrons. The number of hydroxylamine groups is 1. The van der Waals surface area contributed by atoms with Crippen LogP contribution in [0.5, 0.6) is 0 Å². The van der Waals surface area contributed by atoms with Gasteiger partial charge in [0.15, 0.2) is 23.3 Å². The number of carbonyl (C=O) groups excluding carboxylic acids is 1. The maximum atomic E-state index is 13.6. The standard InChI is InChI=1S/C11H11F4N5O2/c1-20(2)4-3-17-22-11(21)5-6(12)8(14)10(18-19-16)9(15)7(5)13/h17H,3-4H2,1-2H3. The molecule has 7 nitrogen and oxygen atoms in total. The normalized spacial score (nSPS) is 10.5. The van der Waals surface area contributed by atoms with Crippen LogP contribution in [0.2, 0.25) is 0 Å². The summed E-state index contributed by atoms with van der Waals surface area (Å²) in [6.07, 6.45) is 0. The van der Waals surface area contributed by atoms with Gasteiger partial charge in [0.2, 0.25) is 0 Å². The van der Waals surface area contributed by atoms with Gasteiger partial charge in [-0.3, -0.25) is 0 Å². The average Bonchev–Trinajstić information content (AvgIpc) is 2.46. The second-order valence-electron chi connectivity index (χ2n) is 4.26. The van der Waals surface area contributed by atoms with Gasteiger partial charge in [-0.25, -0.2) is 22.4 Å². The number of hydrogen-bond donors (Lipinski definition) is 1. The van der Waals surface area contributed by atoms with Crippen LogP contribution in [0, 0.1) is 23.3 Å². The van der Waals surface area contributed by atoms with Gasteiger partial charge in [0, 0.05) is 18.0 Å². The molecule has 0 unspecified atom stereocenters. The minimum atomic E-state index is -2.01. The summed E-state index contributed by atoms with van der Waals surface area (Å²) in [5.41, 5.74) is 7.12. The molecule has 1 aromatic rings. The summed E-state index contributed by atoms with van der Waals surface area (Å²) in [6, 6.07) is 0. The van der Waals surface area contributed by atoms with Crippen molar-refractivity contribution in [2.45, 2.75) is 0 Å². The third-order valence-electron chi connectivity index (χ3n) is 2.41. The van der Waals surface area contributed by atoms with Crippen LogP contribution >= 0.6 is 0 Å². The van der Waals surface area contributed by atoms with E-state index in [2.05, 4.69) is 15.4 Å². The van der Waals surface area contributed by atoms with Gasteiger partial charge in [-0.1, -0.05) is 5.11 Å². The Kier molecular flexibility index (Phi) is 6.11. The summed E-state index contributed by atoms with van der Waals surface area (Å²) in [5.74, 6) is -9.66. The van der Waals surface area contributed by atoms with Crippen molar-refractivity contribution in [2.75, 3.05) is 27.2 Å². The van der Waals surface area contributed by atoms with Gasteiger partial charge >= 0.3 is 5.97 Å². The number of halogens is 4. The topological polar surface area (TPSA) is 90.3 Å². The van der Waals surface area contributed by atoms with Gasteiger partial charge in [0.1, 0.15) is 11.3 Å². The molecule has 0 amide bonds. The fourth-order valence-corrected chi connectivity index (χ4v) is 1.37.